The molecule has 2 aliphatic rings. The summed E-state index contributed by atoms with van der Waals surface area (Å²) in [4.78, 5) is 32.7. The molecule has 10 heteroatoms. The largest absolute Gasteiger partial charge is 0.326 e. The highest BCUT2D eigenvalue weighted by Crippen LogP contribution is 2.22. The van der Waals surface area contributed by atoms with Gasteiger partial charge in [-0.25, -0.2) is 13.1 Å². The van der Waals surface area contributed by atoms with Gasteiger partial charge >= 0.3 is 0 Å². The Kier molecular flexibility index (Phi) is 7.32. The molecule has 0 radical (unpaired) electrons. The number of carbonyl (C=O) groups is 2. The molecule has 0 spiro atoms. The first-order valence-corrected chi connectivity index (χ1v) is 13.0. The van der Waals surface area contributed by atoms with Crippen LogP contribution in [-0.4, -0.2) is 50.0 Å². The number of nitrogens with zero attached hydrogens (tertiary/aromatic N) is 1. The molecule has 3 N–H and O–H groups in total. The Morgan fingerprint density at radius 3 is 2.32 bits per heavy atom. The molecule has 0 aromatic heterocycles. The number of amides is 2. The van der Waals surface area contributed by atoms with Gasteiger partial charge in [-0.1, -0.05) is 12.1 Å². The Bertz CT molecular complexity index is 1130. The number of benzene rings is 2. The van der Waals surface area contributed by atoms with Gasteiger partial charge in [-0.2, -0.15) is 5.48 Å². The van der Waals surface area contributed by atoms with Gasteiger partial charge in [0.25, 0.3) is 5.91 Å². The Morgan fingerprint density at radius 1 is 1.09 bits per heavy atom. The van der Waals surface area contributed by atoms with Gasteiger partial charge < -0.3 is 10.2 Å². The molecule has 0 bridgehead atoms. The summed E-state index contributed by atoms with van der Waals surface area (Å²) < 4.78 is 27.1. The number of anilines is 1. The second kappa shape index (κ2) is 10.2. The van der Waals surface area contributed by atoms with E-state index in [0.717, 1.165) is 19.3 Å². The van der Waals surface area contributed by atoms with E-state index in [1.54, 1.807) is 41.3 Å². The second-order valence-corrected chi connectivity index (χ2v) is 10.5. The van der Waals surface area contributed by atoms with E-state index in [0.29, 0.717) is 23.4 Å². The fourth-order valence-corrected chi connectivity index (χ4v) is 5.09. The van der Waals surface area contributed by atoms with E-state index in [-0.39, 0.29) is 41.4 Å². The van der Waals surface area contributed by atoms with Crippen LogP contribution in [0.1, 0.15) is 49.0 Å². The first kappa shape index (κ1) is 24.3. The predicted molar refractivity (Wildman–Crippen MR) is 127 cm³/mol. The first-order valence-electron chi connectivity index (χ1n) is 11.5. The Balaban J connectivity index is 1.32. The van der Waals surface area contributed by atoms with E-state index in [2.05, 4.69) is 15.5 Å². The summed E-state index contributed by atoms with van der Waals surface area (Å²) in [6, 6.07) is 13.3. The van der Waals surface area contributed by atoms with Gasteiger partial charge in [-0.15, -0.1) is 0 Å². The van der Waals surface area contributed by atoms with Gasteiger partial charge in [0.2, 0.25) is 15.9 Å². The van der Waals surface area contributed by atoms with Gasteiger partial charge in [-0.05, 0) is 68.7 Å². The molecule has 182 valence electrons. The molecule has 1 saturated heterocycles. The lowest BCUT2D eigenvalue weighted by atomic mass is 10.1. The van der Waals surface area contributed by atoms with E-state index in [4.69, 9.17) is 4.84 Å². The average Bonchev–Trinajstić information content (AvgIpc) is 3.51. The molecule has 2 aromatic rings. The van der Waals surface area contributed by atoms with Crippen LogP contribution in [0.15, 0.2) is 53.4 Å². The third kappa shape index (κ3) is 6.01. The van der Waals surface area contributed by atoms with E-state index in [1.807, 2.05) is 13.8 Å². The van der Waals surface area contributed by atoms with Crippen molar-refractivity contribution in [3.63, 3.8) is 0 Å². The van der Waals surface area contributed by atoms with Gasteiger partial charge in [0, 0.05) is 36.3 Å². The van der Waals surface area contributed by atoms with Crippen LogP contribution in [0.4, 0.5) is 5.69 Å². The highest BCUT2D eigenvalue weighted by Gasteiger charge is 2.31. The smallest absolute Gasteiger partial charge is 0.255 e. The highest BCUT2D eigenvalue weighted by molar-refractivity contribution is 7.89. The van der Waals surface area contributed by atoms with E-state index in [9.17, 15) is 18.0 Å². The van der Waals surface area contributed by atoms with Crippen molar-refractivity contribution in [3.8, 4) is 0 Å². The van der Waals surface area contributed by atoms with Crippen molar-refractivity contribution in [2.24, 2.45) is 0 Å². The molecule has 2 fully saturated rings. The van der Waals surface area contributed by atoms with Gasteiger partial charge in [0.15, 0.2) is 6.23 Å². The van der Waals surface area contributed by atoms with E-state index < -0.39 is 10.0 Å². The molecule has 1 aliphatic carbocycles. The molecular formula is C24H30N4O5S. The fraction of sp³-hybridized carbons (Fsp3) is 0.417. The van der Waals surface area contributed by atoms with Crippen LogP contribution in [0.2, 0.25) is 0 Å². The number of hydrogen-bond donors (Lipinski definition) is 3. The number of sulfonamides is 1. The maximum absolute atomic E-state index is 12.9. The lowest BCUT2D eigenvalue weighted by Crippen LogP contribution is -2.40. The van der Waals surface area contributed by atoms with Crippen molar-refractivity contribution in [2.75, 3.05) is 11.9 Å². The van der Waals surface area contributed by atoms with Crippen LogP contribution in [0.25, 0.3) is 0 Å². The third-order valence-corrected chi connectivity index (χ3v) is 7.36. The number of nitrogens with one attached hydrogen (secondary N) is 3. The van der Waals surface area contributed by atoms with Crippen molar-refractivity contribution in [1.82, 2.24) is 15.1 Å². The molecule has 34 heavy (non-hydrogen) atoms. The third-order valence-electron chi connectivity index (χ3n) is 5.82. The quantitative estimate of drug-likeness (QED) is 0.501. The van der Waals surface area contributed by atoms with E-state index in [1.165, 1.54) is 12.1 Å². The zero-order valence-corrected chi connectivity index (χ0v) is 20.1. The van der Waals surface area contributed by atoms with Crippen LogP contribution in [-0.2, 0) is 26.1 Å². The lowest BCUT2D eigenvalue weighted by Gasteiger charge is -2.26. The summed E-state index contributed by atoms with van der Waals surface area (Å²) >= 11 is 0. The monoisotopic (exact) mass is 486 g/mol. The number of hydrogen-bond acceptors (Lipinski definition) is 6. The lowest BCUT2D eigenvalue weighted by molar-refractivity contribution is -0.115. The first-order chi connectivity index (χ1) is 16.2. The molecule has 1 saturated carbocycles. The van der Waals surface area contributed by atoms with Crippen LogP contribution in [0.5, 0.6) is 0 Å². The summed E-state index contributed by atoms with van der Waals surface area (Å²) in [5.74, 6) is -0.368. The molecule has 2 atom stereocenters. The molecule has 1 aliphatic heterocycles. The number of rotatable bonds is 9. The van der Waals surface area contributed by atoms with Gasteiger partial charge in [0.1, 0.15) is 0 Å². The van der Waals surface area contributed by atoms with Crippen molar-refractivity contribution >= 4 is 27.5 Å². The minimum Gasteiger partial charge on any atom is -0.326 e. The SMILES string of the molecule is CCN(C(=O)c1ccc(NC(=O)Cc2ccc(S(=O)(=O)NC3CC3)cc2)cc1)C1CC(C)NO1. The minimum atomic E-state index is -3.51. The summed E-state index contributed by atoms with van der Waals surface area (Å²) in [7, 11) is -3.51. The molecule has 4 rings (SSSR count). The predicted octanol–water partition coefficient (Wildman–Crippen LogP) is 2.41. The highest BCUT2D eigenvalue weighted by atomic mass is 32.2. The normalized spacial score (nSPS) is 20.2. The molecule has 2 amide bonds. The Hall–Kier alpha value is -2.79. The number of carbonyl (C=O) groups excluding carboxylic acids is 2. The van der Waals surface area contributed by atoms with E-state index >= 15 is 0 Å². The molecular weight excluding hydrogens is 456 g/mol. The summed E-state index contributed by atoms with van der Waals surface area (Å²) in [5, 5.41) is 2.81. The van der Waals surface area contributed by atoms with Gasteiger partial charge in [-0.3, -0.25) is 14.4 Å². The van der Waals surface area contributed by atoms with Gasteiger partial charge in [0.05, 0.1) is 11.3 Å². The van der Waals surface area contributed by atoms with Crippen LogP contribution in [0.3, 0.4) is 0 Å². The van der Waals surface area contributed by atoms with Crippen molar-refractivity contribution in [2.45, 2.75) is 62.7 Å². The molecule has 9 nitrogen and oxygen atoms in total. The van der Waals surface area contributed by atoms with Crippen LogP contribution < -0.4 is 15.5 Å². The fourth-order valence-electron chi connectivity index (χ4n) is 3.79. The molecule has 2 aromatic carbocycles. The maximum Gasteiger partial charge on any atom is 0.255 e. The van der Waals surface area contributed by atoms with Crippen molar-refractivity contribution < 1.29 is 22.8 Å². The average molecular weight is 487 g/mol. The zero-order valence-electron chi connectivity index (χ0n) is 19.3. The molecule has 1 heterocycles. The summed E-state index contributed by atoms with van der Waals surface area (Å²) in [6.45, 7) is 4.43. The van der Waals surface area contributed by atoms with Crippen molar-refractivity contribution in [3.05, 3.63) is 59.7 Å². The zero-order chi connectivity index (χ0) is 24.3. The van der Waals surface area contributed by atoms with Crippen LogP contribution in [0, 0.1) is 0 Å². The Labute approximate surface area is 199 Å². The van der Waals surface area contributed by atoms with Crippen LogP contribution >= 0.6 is 0 Å². The summed E-state index contributed by atoms with van der Waals surface area (Å²) in [6.07, 6.45) is 2.25. The second-order valence-electron chi connectivity index (χ2n) is 8.76. The minimum absolute atomic E-state index is 0.0407. The Morgan fingerprint density at radius 2 is 1.76 bits per heavy atom. The van der Waals surface area contributed by atoms with Crippen molar-refractivity contribution in [1.29, 1.82) is 0 Å². The maximum atomic E-state index is 12.9. The number of hydroxylamine groups is 1. The topological polar surface area (TPSA) is 117 Å². The molecule has 2 unspecified atom stereocenters. The standard InChI is InChI=1S/C24H30N4O5S/c1-3-28(23-14-16(2)26-33-23)24(30)18-6-8-19(9-7-18)25-22(29)15-17-4-12-21(13-5-17)34(31,32)27-20-10-11-20/h4-9,12-13,16,20,23,26-27H,3,10-11,14-15H2,1-2H3,(H,25,29). The summed E-state index contributed by atoms with van der Waals surface area (Å²) in [5.41, 5.74) is 4.68.